The summed E-state index contributed by atoms with van der Waals surface area (Å²) in [6, 6.07) is -1.60. The fraction of sp³-hybridized carbons (Fsp3) is 0.769. The molecule has 3 atom stereocenters. The smallest absolute Gasteiger partial charge is 0.312 e. The van der Waals surface area contributed by atoms with Crippen LogP contribution in [-0.2, 0) is 9.59 Å². The molecule has 0 radical (unpaired) electrons. The van der Waals surface area contributed by atoms with E-state index in [1.165, 1.54) is 0 Å². The summed E-state index contributed by atoms with van der Waals surface area (Å²) >= 11 is 0. The molecule has 0 aromatic rings. The first-order chi connectivity index (χ1) is 9.31. The highest BCUT2D eigenvalue weighted by Gasteiger charge is 2.30. The summed E-state index contributed by atoms with van der Waals surface area (Å²) in [5, 5.41) is 14.3. The number of carboxylic acids is 1. The molecule has 3 unspecified atom stereocenters. The van der Waals surface area contributed by atoms with Gasteiger partial charge in [0.2, 0.25) is 5.91 Å². The second-order valence-electron chi connectivity index (χ2n) is 5.64. The number of nitrogens with one attached hydrogen (secondary N) is 2. The summed E-state index contributed by atoms with van der Waals surface area (Å²) in [7, 11) is 0. The summed E-state index contributed by atoms with van der Waals surface area (Å²) in [6.07, 6.45) is 2.62. The van der Waals surface area contributed by atoms with Crippen molar-refractivity contribution in [2.24, 2.45) is 17.6 Å². The van der Waals surface area contributed by atoms with E-state index in [2.05, 4.69) is 10.6 Å². The van der Waals surface area contributed by atoms with Crippen LogP contribution in [0.5, 0.6) is 0 Å². The molecule has 114 valence electrons. The molecule has 7 heteroatoms. The molecular weight excluding hydrogens is 262 g/mol. The van der Waals surface area contributed by atoms with Crippen molar-refractivity contribution in [1.82, 2.24) is 10.6 Å². The predicted molar refractivity (Wildman–Crippen MR) is 72.9 cm³/mol. The minimum absolute atomic E-state index is 0.0960. The van der Waals surface area contributed by atoms with Crippen molar-refractivity contribution < 1.29 is 19.5 Å². The fourth-order valence-corrected chi connectivity index (χ4v) is 2.52. The van der Waals surface area contributed by atoms with Crippen LogP contribution >= 0.6 is 0 Å². The van der Waals surface area contributed by atoms with Gasteiger partial charge in [-0.25, -0.2) is 4.79 Å². The Morgan fingerprint density at radius 2 is 1.90 bits per heavy atom. The molecule has 1 aliphatic carbocycles. The van der Waals surface area contributed by atoms with Gasteiger partial charge in [-0.3, -0.25) is 9.59 Å². The van der Waals surface area contributed by atoms with Crippen LogP contribution in [0.25, 0.3) is 0 Å². The topological polar surface area (TPSA) is 122 Å². The SMILES string of the molecule is CC(C)C(NC(N)=O)C(=O)NC1CCCC(C(=O)O)C1. The van der Waals surface area contributed by atoms with Gasteiger partial charge in [0.25, 0.3) is 0 Å². The highest BCUT2D eigenvalue weighted by atomic mass is 16.4. The average molecular weight is 285 g/mol. The van der Waals surface area contributed by atoms with Crippen molar-refractivity contribution in [3.63, 3.8) is 0 Å². The Kier molecular flexibility index (Phi) is 5.79. The average Bonchev–Trinajstić information content (AvgIpc) is 2.35. The van der Waals surface area contributed by atoms with E-state index >= 15 is 0 Å². The van der Waals surface area contributed by atoms with Crippen molar-refractivity contribution in [2.45, 2.75) is 51.6 Å². The van der Waals surface area contributed by atoms with E-state index in [1.54, 1.807) is 13.8 Å². The summed E-state index contributed by atoms with van der Waals surface area (Å²) in [6.45, 7) is 3.61. The zero-order chi connectivity index (χ0) is 15.3. The van der Waals surface area contributed by atoms with Crippen LogP contribution in [0.3, 0.4) is 0 Å². The lowest BCUT2D eigenvalue weighted by atomic mass is 9.85. The van der Waals surface area contributed by atoms with Crippen molar-refractivity contribution in [2.75, 3.05) is 0 Å². The zero-order valence-electron chi connectivity index (χ0n) is 11.9. The lowest BCUT2D eigenvalue weighted by Gasteiger charge is -2.29. The highest BCUT2D eigenvalue weighted by Crippen LogP contribution is 2.24. The number of rotatable bonds is 5. The van der Waals surface area contributed by atoms with E-state index in [-0.39, 0.29) is 17.9 Å². The summed E-state index contributed by atoms with van der Waals surface area (Å²) in [4.78, 5) is 34.0. The maximum absolute atomic E-state index is 12.1. The normalized spacial score (nSPS) is 23.9. The van der Waals surface area contributed by atoms with Crippen molar-refractivity contribution in [3.05, 3.63) is 0 Å². The first kappa shape index (κ1) is 16.3. The minimum Gasteiger partial charge on any atom is -0.481 e. The lowest BCUT2D eigenvalue weighted by Crippen LogP contribution is -2.54. The maximum Gasteiger partial charge on any atom is 0.312 e. The van der Waals surface area contributed by atoms with E-state index in [9.17, 15) is 14.4 Å². The van der Waals surface area contributed by atoms with Crippen LogP contribution in [-0.4, -0.2) is 35.1 Å². The van der Waals surface area contributed by atoms with Crippen LogP contribution in [0.4, 0.5) is 4.79 Å². The second kappa shape index (κ2) is 7.12. The molecule has 3 amide bonds. The van der Waals surface area contributed by atoms with Crippen molar-refractivity contribution in [1.29, 1.82) is 0 Å². The Balaban J connectivity index is 2.59. The first-order valence-electron chi connectivity index (χ1n) is 6.90. The molecule has 1 aliphatic rings. The van der Waals surface area contributed by atoms with Crippen molar-refractivity contribution >= 4 is 17.9 Å². The molecule has 0 bridgehead atoms. The number of hydrogen-bond acceptors (Lipinski definition) is 3. The number of hydrogen-bond donors (Lipinski definition) is 4. The minimum atomic E-state index is -0.820. The summed E-state index contributed by atoms with van der Waals surface area (Å²) in [5.41, 5.74) is 5.06. The van der Waals surface area contributed by atoms with E-state index in [0.29, 0.717) is 12.8 Å². The molecule has 0 aromatic heterocycles. The van der Waals surface area contributed by atoms with Crippen LogP contribution < -0.4 is 16.4 Å². The third-order valence-electron chi connectivity index (χ3n) is 3.62. The number of aliphatic carboxylic acids is 1. The van der Waals surface area contributed by atoms with Gasteiger partial charge >= 0.3 is 12.0 Å². The van der Waals surface area contributed by atoms with Gasteiger partial charge in [-0.05, 0) is 25.2 Å². The molecule has 20 heavy (non-hydrogen) atoms. The molecule has 0 heterocycles. The van der Waals surface area contributed by atoms with E-state index in [0.717, 1.165) is 12.8 Å². The zero-order valence-corrected chi connectivity index (χ0v) is 11.9. The van der Waals surface area contributed by atoms with E-state index in [4.69, 9.17) is 10.8 Å². The Morgan fingerprint density at radius 1 is 1.25 bits per heavy atom. The third kappa shape index (κ3) is 4.71. The fourth-order valence-electron chi connectivity index (χ4n) is 2.52. The number of urea groups is 1. The van der Waals surface area contributed by atoms with Gasteiger partial charge in [-0.15, -0.1) is 0 Å². The van der Waals surface area contributed by atoms with Crippen molar-refractivity contribution in [3.8, 4) is 0 Å². The molecule has 0 aliphatic heterocycles. The molecule has 5 N–H and O–H groups in total. The van der Waals surface area contributed by atoms with Gasteiger partial charge in [0, 0.05) is 6.04 Å². The van der Waals surface area contributed by atoms with Gasteiger partial charge < -0.3 is 21.5 Å². The van der Waals surface area contributed by atoms with Crippen LogP contribution in [0.15, 0.2) is 0 Å². The number of carboxylic acid groups (broad SMARTS) is 1. The van der Waals surface area contributed by atoms with Gasteiger partial charge in [0.05, 0.1) is 5.92 Å². The number of primary amides is 1. The lowest BCUT2D eigenvalue weighted by molar-refractivity contribution is -0.143. The van der Waals surface area contributed by atoms with E-state index in [1.807, 2.05) is 0 Å². The first-order valence-corrected chi connectivity index (χ1v) is 6.90. The number of carbonyl (C=O) groups excluding carboxylic acids is 2. The molecule has 0 aromatic carbocycles. The van der Waals surface area contributed by atoms with Gasteiger partial charge in [-0.2, -0.15) is 0 Å². The van der Waals surface area contributed by atoms with Gasteiger partial charge in [-0.1, -0.05) is 20.3 Å². The maximum atomic E-state index is 12.1. The molecule has 0 saturated heterocycles. The predicted octanol–water partition coefficient (Wildman–Crippen LogP) is 0.439. The number of carbonyl (C=O) groups is 3. The Bertz CT molecular complexity index is 384. The summed E-state index contributed by atoms with van der Waals surface area (Å²) < 4.78 is 0. The summed E-state index contributed by atoms with van der Waals surface area (Å²) in [5.74, 6) is -1.63. The number of amides is 3. The second-order valence-corrected chi connectivity index (χ2v) is 5.64. The number of nitrogens with two attached hydrogens (primary N) is 1. The largest absolute Gasteiger partial charge is 0.481 e. The third-order valence-corrected chi connectivity index (χ3v) is 3.62. The standard InChI is InChI=1S/C13H23N3O4/c1-7(2)10(16-13(14)20)11(17)15-9-5-3-4-8(6-9)12(18)19/h7-10H,3-6H2,1-2H3,(H,15,17)(H,18,19)(H3,14,16,20). The Hall–Kier alpha value is -1.79. The monoisotopic (exact) mass is 285 g/mol. The van der Waals surface area contributed by atoms with Crippen LogP contribution in [0, 0.1) is 11.8 Å². The molecule has 0 spiro atoms. The highest BCUT2D eigenvalue weighted by molar-refractivity contribution is 5.87. The Morgan fingerprint density at radius 3 is 2.40 bits per heavy atom. The molecular formula is C13H23N3O4. The van der Waals surface area contributed by atoms with Crippen LogP contribution in [0.1, 0.15) is 39.5 Å². The van der Waals surface area contributed by atoms with E-state index < -0.39 is 24.0 Å². The quantitative estimate of drug-likeness (QED) is 0.585. The molecule has 1 fully saturated rings. The Labute approximate surface area is 118 Å². The van der Waals surface area contributed by atoms with Crippen LogP contribution in [0.2, 0.25) is 0 Å². The molecule has 7 nitrogen and oxygen atoms in total. The molecule has 1 rings (SSSR count). The van der Waals surface area contributed by atoms with Gasteiger partial charge in [0.1, 0.15) is 6.04 Å². The van der Waals surface area contributed by atoms with Gasteiger partial charge in [0.15, 0.2) is 0 Å². The molecule has 1 saturated carbocycles.